The van der Waals surface area contributed by atoms with Gasteiger partial charge in [-0.1, -0.05) is 30.7 Å². The fourth-order valence-corrected chi connectivity index (χ4v) is 6.49. The zero-order valence-corrected chi connectivity index (χ0v) is 21.4. The van der Waals surface area contributed by atoms with Crippen LogP contribution in [0.2, 0.25) is 0 Å². The molecule has 9 heteroatoms. The molecule has 0 saturated carbocycles. The standard InChI is InChI=1S/C27H28FN3O3S2/c28-21-6-2-5-19(15-21)4-1-3-18-9-13-23-24(17-29)27(35-25(23)14-10-18)31-26(32)16-20-7-11-22(12-8-20)36(30,33)34/h2,5-8,11-12,15,18H,1,3-4,9-10,13-14,16H2,(H,31,32)(H2,30,33,34). The van der Waals surface area contributed by atoms with E-state index in [-0.39, 0.29) is 23.0 Å². The van der Waals surface area contributed by atoms with E-state index in [9.17, 15) is 22.9 Å². The highest BCUT2D eigenvalue weighted by Crippen LogP contribution is 2.39. The molecule has 188 valence electrons. The van der Waals surface area contributed by atoms with E-state index in [4.69, 9.17) is 5.14 Å². The van der Waals surface area contributed by atoms with E-state index in [1.807, 2.05) is 6.07 Å². The van der Waals surface area contributed by atoms with Gasteiger partial charge in [-0.2, -0.15) is 5.26 Å². The van der Waals surface area contributed by atoms with Gasteiger partial charge < -0.3 is 5.32 Å². The van der Waals surface area contributed by atoms with Gasteiger partial charge in [-0.25, -0.2) is 17.9 Å². The third-order valence-electron chi connectivity index (χ3n) is 6.62. The maximum absolute atomic E-state index is 13.4. The van der Waals surface area contributed by atoms with Gasteiger partial charge in [-0.05, 0) is 85.4 Å². The van der Waals surface area contributed by atoms with Crippen molar-refractivity contribution in [1.82, 2.24) is 0 Å². The monoisotopic (exact) mass is 525 g/mol. The van der Waals surface area contributed by atoms with Crippen LogP contribution in [-0.2, 0) is 40.5 Å². The molecule has 1 aliphatic carbocycles. The summed E-state index contributed by atoms with van der Waals surface area (Å²) < 4.78 is 36.2. The Hall–Kier alpha value is -3.06. The number of fused-ring (bicyclic) bond motifs is 1. The molecule has 4 rings (SSSR count). The summed E-state index contributed by atoms with van der Waals surface area (Å²) in [4.78, 5) is 13.8. The van der Waals surface area contributed by atoms with Crippen molar-refractivity contribution < 1.29 is 17.6 Å². The van der Waals surface area contributed by atoms with Crippen molar-refractivity contribution in [2.75, 3.05) is 5.32 Å². The lowest BCUT2D eigenvalue weighted by molar-refractivity contribution is -0.115. The van der Waals surface area contributed by atoms with Crippen molar-refractivity contribution in [2.45, 2.75) is 56.3 Å². The first-order chi connectivity index (χ1) is 17.2. The highest BCUT2D eigenvalue weighted by Gasteiger charge is 2.24. The third kappa shape index (κ3) is 6.58. The Bertz CT molecular complexity index is 1390. The molecule has 0 bridgehead atoms. The van der Waals surface area contributed by atoms with Gasteiger partial charge in [0.1, 0.15) is 16.9 Å². The van der Waals surface area contributed by atoms with Crippen molar-refractivity contribution in [1.29, 1.82) is 5.26 Å². The number of halogens is 1. The molecule has 1 amide bonds. The van der Waals surface area contributed by atoms with Gasteiger partial charge in [0.15, 0.2) is 0 Å². The van der Waals surface area contributed by atoms with Gasteiger partial charge in [0.25, 0.3) is 0 Å². The Labute approximate surface area is 215 Å². The van der Waals surface area contributed by atoms with Crippen LogP contribution in [0.25, 0.3) is 0 Å². The molecule has 6 nitrogen and oxygen atoms in total. The van der Waals surface area contributed by atoms with E-state index in [0.29, 0.717) is 22.0 Å². The Balaban J connectivity index is 1.34. The van der Waals surface area contributed by atoms with Gasteiger partial charge in [-0.3, -0.25) is 4.79 Å². The van der Waals surface area contributed by atoms with Crippen LogP contribution < -0.4 is 10.5 Å². The smallest absolute Gasteiger partial charge is 0.238 e. The number of nitrogens with zero attached hydrogens (tertiary/aromatic N) is 1. The third-order valence-corrected chi connectivity index (χ3v) is 8.76. The second-order valence-corrected chi connectivity index (χ2v) is 11.9. The predicted molar refractivity (Wildman–Crippen MR) is 139 cm³/mol. The van der Waals surface area contributed by atoms with E-state index < -0.39 is 10.0 Å². The first-order valence-electron chi connectivity index (χ1n) is 11.9. The lowest BCUT2D eigenvalue weighted by Gasteiger charge is -2.14. The van der Waals surface area contributed by atoms with Crippen LogP contribution in [0.3, 0.4) is 0 Å². The predicted octanol–water partition coefficient (Wildman–Crippen LogP) is 5.11. The molecular weight excluding hydrogens is 497 g/mol. The van der Waals surface area contributed by atoms with Crippen molar-refractivity contribution in [3.63, 3.8) is 0 Å². The zero-order valence-electron chi connectivity index (χ0n) is 19.8. The quantitative estimate of drug-likeness (QED) is 0.398. The summed E-state index contributed by atoms with van der Waals surface area (Å²) in [5.74, 6) is 0.0998. The molecule has 1 aromatic heterocycles. The minimum absolute atomic E-state index is 0.00677. The van der Waals surface area contributed by atoms with E-state index in [2.05, 4.69) is 11.4 Å². The summed E-state index contributed by atoms with van der Waals surface area (Å²) in [7, 11) is -3.78. The van der Waals surface area contributed by atoms with E-state index in [1.165, 1.54) is 29.5 Å². The van der Waals surface area contributed by atoms with Crippen LogP contribution >= 0.6 is 11.3 Å². The molecule has 1 unspecified atom stereocenters. The summed E-state index contributed by atoms with van der Waals surface area (Å²) in [6, 6.07) is 14.9. The maximum Gasteiger partial charge on any atom is 0.238 e. The van der Waals surface area contributed by atoms with Crippen molar-refractivity contribution in [2.24, 2.45) is 11.1 Å². The summed E-state index contributed by atoms with van der Waals surface area (Å²) in [5, 5.41) is 18.4. The SMILES string of the molecule is N#Cc1c(NC(=O)Cc2ccc(S(N)(=O)=O)cc2)sc2c1CCC(CCCc1cccc(F)c1)CC2. The fraction of sp³-hybridized carbons (Fsp3) is 0.333. The molecule has 3 aromatic rings. The first-order valence-corrected chi connectivity index (χ1v) is 14.3. The number of carbonyl (C=O) groups excluding carboxylic acids is 1. The summed E-state index contributed by atoms with van der Waals surface area (Å²) in [5.41, 5.74) is 3.27. The van der Waals surface area contributed by atoms with E-state index >= 15 is 0 Å². The topological polar surface area (TPSA) is 113 Å². The number of primary sulfonamides is 1. The number of benzene rings is 2. The van der Waals surface area contributed by atoms with Crippen LogP contribution in [0, 0.1) is 23.1 Å². The van der Waals surface area contributed by atoms with Gasteiger partial charge >= 0.3 is 0 Å². The first kappa shape index (κ1) is 26.0. The number of sulfonamides is 1. The number of nitrogens with two attached hydrogens (primary N) is 1. The normalized spacial score (nSPS) is 15.5. The average molecular weight is 526 g/mol. The number of thiophene rings is 1. The van der Waals surface area contributed by atoms with Crippen molar-refractivity contribution in [3.8, 4) is 6.07 Å². The average Bonchev–Trinajstić information content (AvgIpc) is 3.03. The van der Waals surface area contributed by atoms with Gasteiger partial charge in [0.2, 0.25) is 15.9 Å². The number of nitrogens with one attached hydrogen (secondary N) is 1. The summed E-state index contributed by atoms with van der Waals surface area (Å²) >= 11 is 1.48. The van der Waals surface area contributed by atoms with Crippen LogP contribution in [0.15, 0.2) is 53.4 Å². The van der Waals surface area contributed by atoms with Crippen molar-refractivity contribution >= 4 is 32.3 Å². The summed E-state index contributed by atoms with van der Waals surface area (Å²) in [6.45, 7) is 0. The molecule has 0 aliphatic heterocycles. The van der Waals surface area contributed by atoms with Crippen LogP contribution in [0.1, 0.15) is 52.8 Å². The number of nitriles is 1. The Morgan fingerprint density at radius 1 is 1.14 bits per heavy atom. The number of aryl methyl sites for hydroxylation is 2. The van der Waals surface area contributed by atoms with Crippen LogP contribution in [-0.4, -0.2) is 14.3 Å². The molecule has 1 heterocycles. The second kappa shape index (κ2) is 11.3. The molecule has 2 aromatic carbocycles. The highest BCUT2D eigenvalue weighted by atomic mass is 32.2. The van der Waals surface area contributed by atoms with Crippen molar-refractivity contribution in [3.05, 3.63) is 81.5 Å². The molecule has 36 heavy (non-hydrogen) atoms. The molecule has 1 aliphatic rings. The molecule has 0 spiro atoms. The fourth-order valence-electron chi connectivity index (χ4n) is 4.74. The number of carbonyl (C=O) groups is 1. The molecule has 0 saturated heterocycles. The zero-order chi connectivity index (χ0) is 25.7. The number of hydrogen-bond acceptors (Lipinski definition) is 5. The maximum atomic E-state index is 13.4. The lowest BCUT2D eigenvalue weighted by Crippen LogP contribution is -2.15. The number of rotatable bonds is 8. The Kier molecular flexibility index (Phi) is 8.19. The Morgan fingerprint density at radius 2 is 1.89 bits per heavy atom. The Morgan fingerprint density at radius 3 is 2.58 bits per heavy atom. The minimum atomic E-state index is -3.78. The molecular formula is C27H28FN3O3S2. The molecule has 3 N–H and O–H groups in total. The molecule has 1 atom stereocenters. The van der Waals surface area contributed by atoms with E-state index in [0.717, 1.165) is 60.9 Å². The molecule has 0 radical (unpaired) electrons. The van der Waals surface area contributed by atoms with E-state index in [1.54, 1.807) is 24.3 Å². The molecule has 0 fully saturated rings. The number of amides is 1. The van der Waals surface area contributed by atoms with Crippen LogP contribution in [0.4, 0.5) is 9.39 Å². The number of anilines is 1. The largest absolute Gasteiger partial charge is 0.316 e. The van der Waals surface area contributed by atoms with Gasteiger partial charge in [0.05, 0.1) is 16.9 Å². The lowest BCUT2D eigenvalue weighted by atomic mass is 9.92. The van der Waals surface area contributed by atoms with Crippen LogP contribution in [0.5, 0.6) is 0 Å². The number of hydrogen-bond donors (Lipinski definition) is 2. The van der Waals surface area contributed by atoms with Gasteiger partial charge in [-0.15, -0.1) is 11.3 Å². The minimum Gasteiger partial charge on any atom is -0.316 e. The second-order valence-electron chi connectivity index (χ2n) is 9.20. The highest BCUT2D eigenvalue weighted by molar-refractivity contribution is 7.89. The van der Waals surface area contributed by atoms with Gasteiger partial charge in [0, 0.05) is 4.88 Å². The summed E-state index contributed by atoms with van der Waals surface area (Å²) in [6.07, 6.45) is 6.71.